The first kappa shape index (κ1) is 20.1. The summed E-state index contributed by atoms with van der Waals surface area (Å²) in [5.41, 5.74) is 0.333. The van der Waals surface area contributed by atoms with Crippen LogP contribution in [-0.4, -0.2) is 48.7 Å². The topological polar surface area (TPSA) is 76.1 Å². The average Bonchev–Trinajstić information content (AvgIpc) is 2.54. The molecule has 0 fully saturated rings. The summed E-state index contributed by atoms with van der Waals surface area (Å²) in [4.78, 5) is 24.4. The molecule has 1 aromatic rings. The lowest BCUT2D eigenvalue weighted by molar-refractivity contribution is -0.137. The second-order valence-corrected chi connectivity index (χ2v) is 5.70. The van der Waals surface area contributed by atoms with Crippen molar-refractivity contribution < 1.29 is 24.2 Å². The molecule has 1 aromatic carbocycles. The number of aliphatic carboxylic acids is 1. The molecule has 7 heteroatoms. The van der Waals surface area contributed by atoms with E-state index < -0.39 is 5.97 Å². The standard InChI is InChI=1S/C17H24ClNO5/c1-4-6-9-24-16-13(18)10-12(11-14(16)23-5-2)17(22)19(3)8-7-15(20)21/h10-11H,4-9H2,1-3H3,(H,20,21). The predicted molar refractivity (Wildman–Crippen MR) is 92.2 cm³/mol. The lowest BCUT2D eigenvalue weighted by atomic mass is 10.1. The van der Waals surface area contributed by atoms with E-state index >= 15 is 0 Å². The van der Waals surface area contributed by atoms with E-state index in [0.717, 1.165) is 12.8 Å². The van der Waals surface area contributed by atoms with Crippen molar-refractivity contribution in [2.45, 2.75) is 33.1 Å². The molecule has 0 heterocycles. The van der Waals surface area contributed by atoms with Crippen molar-refractivity contribution >= 4 is 23.5 Å². The van der Waals surface area contributed by atoms with Gasteiger partial charge in [0.05, 0.1) is 24.7 Å². The normalized spacial score (nSPS) is 10.3. The van der Waals surface area contributed by atoms with E-state index in [4.69, 9.17) is 26.2 Å². The summed E-state index contributed by atoms with van der Waals surface area (Å²) in [7, 11) is 1.55. The number of unbranched alkanes of at least 4 members (excludes halogenated alkanes) is 1. The lowest BCUT2D eigenvalue weighted by Gasteiger charge is -2.19. The molecule has 134 valence electrons. The molecule has 0 bridgehead atoms. The Morgan fingerprint density at radius 3 is 2.54 bits per heavy atom. The number of carboxylic acid groups (broad SMARTS) is 1. The Hall–Kier alpha value is -1.95. The fraction of sp³-hybridized carbons (Fsp3) is 0.529. The molecule has 24 heavy (non-hydrogen) atoms. The molecule has 1 N–H and O–H groups in total. The maximum absolute atomic E-state index is 12.4. The van der Waals surface area contributed by atoms with Gasteiger partial charge in [-0.3, -0.25) is 9.59 Å². The van der Waals surface area contributed by atoms with Crippen molar-refractivity contribution in [1.29, 1.82) is 0 Å². The summed E-state index contributed by atoms with van der Waals surface area (Å²) >= 11 is 6.26. The fourth-order valence-electron chi connectivity index (χ4n) is 2.00. The molecule has 0 atom stereocenters. The zero-order valence-corrected chi connectivity index (χ0v) is 15.1. The zero-order chi connectivity index (χ0) is 18.1. The first-order valence-corrected chi connectivity index (χ1v) is 8.34. The van der Waals surface area contributed by atoms with E-state index in [2.05, 4.69) is 6.92 Å². The van der Waals surface area contributed by atoms with Crippen LogP contribution in [0.2, 0.25) is 5.02 Å². The summed E-state index contributed by atoms with van der Waals surface area (Å²) in [6.07, 6.45) is 1.76. The van der Waals surface area contributed by atoms with E-state index in [1.807, 2.05) is 6.92 Å². The third kappa shape index (κ3) is 5.92. The number of carbonyl (C=O) groups excluding carboxylic acids is 1. The minimum atomic E-state index is -0.956. The number of rotatable bonds is 10. The number of carboxylic acids is 1. The van der Waals surface area contributed by atoms with Gasteiger partial charge in [0.15, 0.2) is 11.5 Å². The van der Waals surface area contributed by atoms with Crippen LogP contribution in [0.3, 0.4) is 0 Å². The molecule has 0 spiro atoms. The highest BCUT2D eigenvalue weighted by molar-refractivity contribution is 6.32. The number of carbonyl (C=O) groups is 2. The Labute approximate surface area is 147 Å². The van der Waals surface area contributed by atoms with Gasteiger partial charge in [0, 0.05) is 19.2 Å². The van der Waals surface area contributed by atoms with Crippen LogP contribution < -0.4 is 9.47 Å². The van der Waals surface area contributed by atoms with Crippen molar-refractivity contribution in [3.8, 4) is 11.5 Å². The molecule has 0 aliphatic carbocycles. The second-order valence-electron chi connectivity index (χ2n) is 5.29. The maximum atomic E-state index is 12.4. The molecule has 0 aromatic heterocycles. The Morgan fingerprint density at radius 2 is 1.96 bits per heavy atom. The third-order valence-electron chi connectivity index (χ3n) is 3.31. The Morgan fingerprint density at radius 1 is 1.25 bits per heavy atom. The van der Waals surface area contributed by atoms with Crippen LogP contribution >= 0.6 is 11.6 Å². The monoisotopic (exact) mass is 357 g/mol. The summed E-state index contributed by atoms with van der Waals surface area (Å²) in [6.45, 7) is 4.93. The summed E-state index contributed by atoms with van der Waals surface area (Å²) < 4.78 is 11.2. The Balaban J connectivity index is 2.99. The Bertz CT molecular complexity index is 576. The Kier molecular flexibility index (Phi) is 8.40. The summed E-state index contributed by atoms with van der Waals surface area (Å²) in [5.74, 6) is -0.436. The van der Waals surface area contributed by atoms with E-state index in [1.54, 1.807) is 13.1 Å². The maximum Gasteiger partial charge on any atom is 0.305 e. The highest BCUT2D eigenvalue weighted by Gasteiger charge is 2.19. The van der Waals surface area contributed by atoms with E-state index in [-0.39, 0.29) is 18.9 Å². The fourth-order valence-corrected chi connectivity index (χ4v) is 2.26. The van der Waals surface area contributed by atoms with Gasteiger partial charge in [-0.1, -0.05) is 24.9 Å². The molecule has 0 saturated carbocycles. The van der Waals surface area contributed by atoms with E-state index in [9.17, 15) is 9.59 Å². The molecule has 1 rings (SSSR count). The molecule has 0 saturated heterocycles. The van der Waals surface area contributed by atoms with E-state index in [0.29, 0.717) is 35.3 Å². The van der Waals surface area contributed by atoms with Crippen LogP contribution in [0.4, 0.5) is 0 Å². The number of benzene rings is 1. The number of nitrogens with zero attached hydrogens (tertiary/aromatic N) is 1. The molecule has 0 unspecified atom stereocenters. The first-order chi connectivity index (χ1) is 11.4. The lowest BCUT2D eigenvalue weighted by Crippen LogP contribution is -2.29. The number of halogens is 1. The third-order valence-corrected chi connectivity index (χ3v) is 3.59. The van der Waals surface area contributed by atoms with E-state index in [1.165, 1.54) is 11.0 Å². The number of hydrogen-bond acceptors (Lipinski definition) is 4. The van der Waals surface area contributed by atoms with Crippen molar-refractivity contribution in [2.24, 2.45) is 0 Å². The predicted octanol–water partition coefficient (Wildman–Crippen LogP) is 3.46. The van der Waals surface area contributed by atoms with Crippen molar-refractivity contribution in [3.63, 3.8) is 0 Å². The van der Waals surface area contributed by atoms with Crippen LogP contribution in [0.1, 0.15) is 43.5 Å². The molecule has 1 amide bonds. The van der Waals surface area contributed by atoms with Crippen LogP contribution in [0, 0.1) is 0 Å². The SMILES string of the molecule is CCCCOc1c(Cl)cc(C(=O)N(C)CCC(=O)O)cc1OCC. The minimum absolute atomic E-state index is 0.116. The molecular weight excluding hydrogens is 334 g/mol. The number of ether oxygens (including phenoxy) is 2. The highest BCUT2D eigenvalue weighted by Crippen LogP contribution is 2.37. The molecular formula is C17H24ClNO5. The molecule has 0 aliphatic heterocycles. The zero-order valence-electron chi connectivity index (χ0n) is 14.3. The van der Waals surface area contributed by atoms with Gasteiger partial charge >= 0.3 is 5.97 Å². The van der Waals surface area contributed by atoms with Gasteiger partial charge in [0.1, 0.15) is 0 Å². The first-order valence-electron chi connectivity index (χ1n) is 7.97. The molecule has 0 aliphatic rings. The molecule has 0 radical (unpaired) electrons. The smallest absolute Gasteiger partial charge is 0.305 e. The van der Waals surface area contributed by atoms with Crippen molar-refractivity contribution in [3.05, 3.63) is 22.7 Å². The van der Waals surface area contributed by atoms with Gasteiger partial charge in [0.25, 0.3) is 5.91 Å². The van der Waals surface area contributed by atoms with Gasteiger partial charge in [-0.25, -0.2) is 0 Å². The van der Waals surface area contributed by atoms with Crippen LogP contribution in [-0.2, 0) is 4.79 Å². The highest BCUT2D eigenvalue weighted by atomic mass is 35.5. The van der Waals surface area contributed by atoms with Gasteiger partial charge in [-0.2, -0.15) is 0 Å². The van der Waals surface area contributed by atoms with Gasteiger partial charge in [-0.15, -0.1) is 0 Å². The van der Waals surface area contributed by atoms with Crippen LogP contribution in [0.15, 0.2) is 12.1 Å². The summed E-state index contributed by atoms with van der Waals surface area (Å²) in [6, 6.07) is 3.10. The van der Waals surface area contributed by atoms with Gasteiger partial charge in [0.2, 0.25) is 0 Å². The average molecular weight is 358 g/mol. The van der Waals surface area contributed by atoms with Crippen LogP contribution in [0.5, 0.6) is 11.5 Å². The van der Waals surface area contributed by atoms with Gasteiger partial charge < -0.3 is 19.5 Å². The number of amides is 1. The number of hydrogen-bond donors (Lipinski definition) is 1. The largest absolute Gasteiger partial charge is 0.490 e. The minimum Gasteiger partial charge on any atom is -0.490 e. The van der Waals surface area contributed by atoms with Gasteiger partial charge in [-0.05, 0) is 25.5 Å². The second kappa shape index (κ2) is 10.0. The molecule has 6 nitrogen and oxygen atoms in total. The van der Waals surface area contributed by atoms with Crippen molar-refractivity contribution in [2.75, 3.05) is 26.8 Å². The summed E-state index contributed by atoms with van der Waals surface area (Å²) in [5, 5.41) is 9.01. The van der Waals surface area contributed by atoms with Crippen molar-refractivity contribution in [1.82, 2.24) is 4.90 Å². The quantitative estimate of drug-likeness (QED) is 0.649. The van der Waals surface area contributed by atoms with Crippen LogP contribution in [0.25, 0.3) is 0 Å².